The third-order valence-corrected chi connectivity index (χ3v) is 24.6. The van der Waals surface area contributed by atoms with Crippen LogP contribution < -0.4 is 0 Å². The summed E-state index contributed by atoms with van der Waals surface area (Å²) in [6.45, 7) is 23.8. The maximum absolute atomic E-state index is 9.79. The highest BCUT2D eigenvalue weighted by Crippen LogP contribution is 2.63. The second kappa shape index (κ2) is 23.5. The van der Waals surface area contributed by atoms with Gasteiger partial charge in [0, 0.05) is 27.1 Å². The lowest BCUT2D eigenvalue weighted by Crippen LogP contribution is -2.26. The number of rotatable bonds is 18. The predicted molar refractivity (Wildman–Crippen MR) is 408 cm³/mol. The minimum atomic E-state index is -0.249. The van der Waals surface area contributed by atoms with Gasteiger partial charge in [0.05, 0.1) is 23.3 Å². The number of nitriles is 2. The Bertz CT molecular complexity index is 5120. The molecular weight excluding hydrogens is 1170 g/mol. The Labute approximate surface area is 577 Å². The van der Waals surface area contributed by atoms with Crippen LogP contribution in [0.3, 0.4) is 0 Å². The van der Waals surface area contributed by atoms with Crippen LogP contribution in [0.15, 0.2) is 194 Å². The van der Waals surface area contributed by atoms with Gasteiger partial charge >= 0.3 is 0 Å². The molecule has 2 heteroatoms. The van der Waals surface area contributed by atoms with Gasteiger partial charge in [-0.25, -0.2) is 0 Å². The third-order valence-electron chi connectivity index (χ3n) is 24.6. The molecule has 0 spiro atoms. The average Bonchev–Trinajstić information content (AvgIpc) is 1.52. The molecule has 11 aromatic rings. The van der Waals surface area contributed by atoms with Crippen LogP contribution in [0, 0.1) is 22.7 Å². The lowest BCUT2D eigenvalue weighted by atomic mass is 9.69. The Kier molecular flexibility index (Phi) is 15.1. The molecule has 5 aliphatic carbocycles. The number of fused-ring (bicyclic) bond motifs is 17. The molecule has 480 valence electrons. The normalized spacial score (nSPS) is 15.7. The van der Waals surface area contributed by atoms with Crippen molar-refractivity contribution < 1.29 is 0 Å². The van der Waals surface area contributed by atoms with Crippen LogP contribution in [0.1, 0.15) is 226 Å². The molecule has 0 atom stereocenters. The number of nitrogens with zero attached hydrogens (tertiary/aromatic N) is 2. The molecule has 0 saturated heterocycles. The van der Waals surface area contributed by atoms with E-state index in [9.17, 15) is 10.5 Å². The van der Waals surface area contributed by atoms with Gasteiger partial charge in [-0.15, -0.1) is 0 Å². The van der Waals surface area contributed by atoms with Gasteiger partial charge in [0.25, 0.3) is 0 Å². The monoisotopic (exact) mass is 1260 g/mol. The maximum Gasteiger partial charge on any atom is 0.0991 e. The Morgan fingerprint density at radius 1 is 0.258 bits per heavy atom. The minimum Gasteiger partial charge on any atom is -0.192 e. The molecule has 16 rings (SSSR count). The maximum atomic E-state index is 9.79. The second-order valence-corrected chi connectivity index (χ2v) is 31.6. The highest BCUT2D eigenvalue weighted by molar-refractivity contribution is 6.10. The first kappa shape index (κ1) is 62.5. The zero-order valence-corrected chi connectivity index (χ0v) is 58.8. The zero-order chi connectivity index (χ0) is 66.9. The van der Waals surface area contributed by atoms with Gasteiger partial charge in [-0.05, 0) is 252 Å². The van der Waals surface area contributed by atoms with E-state index in [0.717, 1.165) is 0 Å². The van der Waals surface area contributed by atoms with Gasteiger partial charge in [-0.1, -0.05) is 268 Å². The van der Waals surface area contributed by atoms with Crippen molar-refractivity contribution in [3.8, 4) is 112 Å². The summed E-state index contributed by atoms with van der Waals surface area (Å²) in [5.41, 5.74) is 38.0. The number of hydrogen-bond donors (Lipinski definition) is 0. The zero-order valence-electron chi connectivity index (χ0n) is 58.8. The smallest absolute Gasteiger partial charge is 0.0991 e. The Hall–Kier alpha value is -9.34. The molecule has 0 heterocycles. The van der Waals surface area contributed by atoms with E-state index in [1.54, 1.807) is 11.1 Å². The van der Waals surface area contributed by atoms with Gasteiger partial charge in [0.15, 0.2) is 0 Å². The van der Waals surface area contributed by atoms with E-state index in [1.807, 2.05) is 12.1 Å². The Balaban J connectivity index is 0.768. The molecule has 11 aromatic carbocycles. The Morgan fingerprint density at radius 2 is 0.567 bits per heavy atom. The number of unbranched alkanes of at least 4 members (excludes halogenated alkanes) is 10. The molecule has 0 fully saturated rings. The van der Waals surface area contributed by atoms with E-state index in [4.69, 9.17) is 0 Å². The molecular formula is C95H90N2. The quantitative estimate of drug-likeness (QED) is 0.0804. The van der Waals surface area contributed by atoms with Gasteiger partial charge in [0.1, 0.15) is 0 Å². The summed E-state index contributed by atoms with van der Waals surface area (Å²) in [6.07, 6.45) is 17.8. The first-order valence-corrected chi connectivity index (χ1v) is 36.6. The molecule has 0 unspecified atom stereocenters. The van der Waals surface area contributed by atoms with Crippen molar-refractivity contribution in [1.29, 1.82) is 10.5 Å². The van der Waals surface area contributed by atoms with E-state index < -0.39 is 0 Å². The summed E-state index contributed by atoms with van der Waals surface area (Å²) in [6, 6.07) is 79.8. The molecule has 0 radical (unpaired) electrons. The SMILES string of the molecule is CCCCCCCCC1(CCCCCCCC)c2cc3c(cc2-c2cc4c(cc21)-c1c(cc(-c2ccc(-c5ccc6c(c5)C(C)(C)c5cc(C#N)ccc5-6)cc2)c2ccccc12)C4(C)C)C(C)(C)c1cc(-c2ccc(-c4ccc5c(c4)C(C)(C)c4cc(C#N)ccc4-5)cc2)ccc1-3. The highest BCUT2D eigenvalue weighted by Gasteiger charge is 2.49. The number of benzene rings is 11. The van der Waals surface area contributed by atoms with Crippen molar-refractivity contribution in [2.24, 2.45) is 0 Å². The van der Waals surface area contributed by atoms with Crippen molar-refractivity contribution in [3.63, 3.8) is 0 Å². The molecule has 0 aromatic heterocycles. The van der Waals surface area contributed by atoms with Crippen molar-refractivity contribution in [2.45, 2.75) is 186 Å². The molecule has 0 aliphatic heterocycles. The summed E-state index contributed by atoms with van der Waals surface area (Å²) >= 11 is 0. The number of hydrogen-bond acceptors (Lipinski definition) is 2. The molecule has 0 bridgehead atoms. The largest absolute Gasteiger partial charge is 0.192 e. The third kappa shape index (κ3) is 9.73. The summed E-state index contributed by atoms with van der Waals surface area (Å²) in [5, 5.41) is 22.2. The van der Waals surface area contributed by atoms with E-state index in [1.165, 1.54) is 245 Å². The van der Waals surface area contributed by atoms with E-state index in [-0.39, 0.29) is 27.1 Å². The summed E-state index contributed by atoms with van der Waals surface area (Å²) in [7, 11) is 0. The summed E-state index contributed by atoms with van der Waals surface area (Å²) < 4.78 is 0. The Morgan fingerprint density at radius 3 is 1.01 bits per heavy atom. The van der Waals surface area contributed by atoms with E-state index in [0.29, 0.717) is 11.1 Å². The first-order chi connectivity index (χ1) is 46.9. The average molecular weight is 1260 g/mol. The van der Waals surface area contributed by atoms with Gasteiger partial charge in [-0.2, -0.15) is 10.5 Å². The molecule has 2 nitrogen and oxygen atoms in total. The van der Waals surface area contributed by atoms with Gasteiger partial charge in [-0.3, -0.25) is 0 Å². The van der Waals surface area contributed by atoms with Gasteiger partial charge < -0.3 is 0 Å². The van der Waals surface area contributed by atoms with Crippen LogP contribution in [0.5, 0.6) is 0 Å². The van der Waals surface area contributed by atoms with Crippen LogP contribution >= 0.6 is 0 Å². The van der Waals surface area contributed by atoms with E-state index in [2.05, 4.69) is 263 Å². The standard InChI is InChI=1S/C95H90N2/c1-11-13-15-17-19-23-45-95(46-24-20-18-16-14-12-2)87-55-76-73-44-39-67(62-31-29-61(30-32-62)65-37-42-71-69-40-27-59(57-96)47-80(69)91(3,4)82(71)49-65)51-84(73)93(7,8)85(76)53-77(87)78-54-86-79(56-88(78)95)90-74-26-22-21-25-68(74)75(52-89(90)94(86,9)10)64-35-33-63(34-36-64)66-38-43-72-70-41-28-60(58-97)48-81(70)92(5,6)83(72)50-66/h21-22,25-44,47-56H,11-20,23-24,45-46H2,1-10H3. The molecule has 0 N–H and O–H groups in total. The second-order valence-electron chi connectivity index (χ2n) is 31.6. The lowest BCUT2D eigenvalue weighted by Gasteiger charge is -2.34. The minimum absolute atomic E-state index is 0.109. The van der Waals surface area contributed by atoms with Crippen molar-refractivity contribution in [2.75, 3.05) is 0 Å². The van der Waals surface area contributed by atoms with Crippen molar-refractivity contribution in [3.05, 3.63) is 261 Å². The predicted octanol–water partition coefficient (Wildman–Crippen LogP) is 26.2. The highest BCUT2D eigenvalue weighted by atomic mass is 14.5. The topological polar surface area (TPSA) is 47.6 Å². The summed E-state index contributed by atoms with van der Waals surface area (Å²) in [5.74, 6) is 0. The fourth-order valence-electron chi connectivity index (χ4n) is 19.0. The van der Waals surface area contributed by atoms with Crippen LogP contribution in [-0.4, -0.2) is 0 Å². The van der Waals surface area contributed by atoms with Crippen LogP contribution in [0.25, 0.3) is 111 Å². The van der Waals surface area contributed by atoms with Crippen molar-refractivity contribution >= 4 is 10.8 Å². The fraction of sp³-hybridized carbons (Fsp3) is 0.305. The van der Waals surface area contributed by atoms with Crippen LogP contribution in [0.4, 0.5) is 0 Å². The van der Waals surface area contributed by atoms with E-state index >= 15 is 0 Å². The molecule has 0 amide bonds. The molecule has 97 heavy (non-hydrogen) atoms. The fourth-order valence-corrected chi connectivity index (χ4v) is 19.0. The summed E-state index contributed by atoms with van der Waals surface area (Å²) in [4.78, 5) is 0. The van der Waals surface area contributed by atoms with Crippen molar-refractivity contribution in [1.82, 2.24) is 0 Å². The molecule has 5 aliphatic rings. The van der Waals surface area contributed by atoms with Crippen LogP contribution in [0.2, 0.25) is 0 Å². The lowest BCUT2D eigenvalue weighted by molar-refractivity contribution is 0.398. The van der Waals surface area contributed by atoms with Crippen LogP contribution in [-0.2, 0) is 27.1 Å². The van der Waals surface area contributed by atoms with Gasteiger partial charge in [0.2, 0.25) is 0 Å². The first-order valence-electron chi connectivity index (χ1n) is 36.6. The molecule has 0 saturated carbocycles.